The number of ketones is 1. The van der Waals surface area contributed by atoms with Crippen LogP contribution < -0.4 is 0 Å². The molecule has 0 aliphatic carbocycles. The molecule has 2 aromatic heterocycles. The second-order valence-electron chi connectivity index (χ2n) is 4.20. The van der Waals surface area contributed by atoms with Gasteiger partial charge in [-0.25, -0.2) is 0 Å². The number of hydrogen-bond donors (Lipinski definition) is 0. The van der Waals surface area contributed by atoms with Gasteiger partial charge in [0.15, 0.2) is 0 Å². The predicted molar refractivity (Wildman–Crippen MR) is 66.0 cm³/mol. The van der Waals surface area contributed by atoms with E-state index in [1.165, 1.54) is 0 Å². The van der Waals surface area contributed by atoms with Crippen LogP contribution in [0.4, 0.5) is 0 Å². The summed E-state index contributed by atoms with van der Waals surface area (Å²) in [5.41, 5.74) is 2.16. The molecule has 0 aromatic carbocycles. The van der Waals surface area contributed by atoms with Crippen LogP contribution in [0.1, 0.15) is 41.4 Å². The summed E-state index contributed by atoms with van der Waals surface area (Å²) in [6, 6.07) is 7.20. The van der Waals surface area contributed by atoms with Gasteiger partial charge in [-0.3, -0.25) is 14.8 Å². The van der Waals surface area contributed by atoms with E-state index in [4.69, 9.17) is 0 Å². The van der Waals surface area contributed by atoms with Crippen molar-refractivity contribution in [2.45, 2.75) is 19.8 Å². The molecule has 0 bridgehead atoms. The smallest absolute Gasteiger partial charge is 0.212 e. The normalized spacial score (nSPS) is 10.5. The molecular formula is C14H14N2O. The lowest BCUT2D eigenvalue weighted by molar-refractivity contribution is 0.103. The lowest BCUT2D eigenvalue weighted by Crippen LogP contribution is -2.04. The Morgan fingerprint density at radius 1 is 1.18 bits per heavy atom. The van der Waals surface area contributed by atoms with Crippen molar-refractivity contribution >= 4 is 5.78 Å². The van der Waals surface area contributed by atoms with Crippen LogP contribution in [0.2, 0.25) is 0 Å². The van der Waals surface area contributed by atoms with Gasteiger partial charge in [0, 0.05) is 24.2 Å². The molecule has 0 saturated heterocycles. The van der Waals surface area contributed by atoms with E-state index in [2.05, 4.69) is 23.8 Å². The van der Waals surface area contributed by atoms with Crippen molar-refractivity contribution in [2.24, 2.45) is 0 Å². The molecule has 0 aliphatic heterocycles. The Balaban J connectivity index is 2.27. The fourth-order valence-electron chi connectivity index (χ4n) is 1.53. The first kappa shape index (κ1) is 11.5. The Kier molecular flexibility index (Phi) is 3.28. The third kappa shape index (κ3) is 2.56. The molecule has 3 heteroatoms. The lowest BCUT2D eigenvalue weighted by atomic mass is 10.0. The summed E-state index contributed by atoms with van der Waals surface area (Å²) in [6.07, 6.45) is 4.96. The summed E-state index contributed by atoms with van der Waals surface area (Å²) in [6.45, 7) is 4.19. The number of nitrogens with zero attached hydrogens (tertiary/aromatic N) is 2. The molecule has 2 rings (SSSR count). The van der Waals surface area contributed by atoms with Crippen molar-refractivity contribution in [1.82, 2.24) is 9.97 Å². The van der Waals surface area contributed by atoms with Crippen LogP contribution in [0.5, 0.6) is 0 Å². The van der Waals surface area contributed by atoms with Crippen molar-refractivity contribution in [3.8, 4) is 0 Å². The maximum atomic E-state index is 12.0. The molecule has 0 N–H and O–H groups in total. The largest absolute Gasteiger partial charge is 0.287 e. The molecule has 17 heavy (non-hydrogen) atoms. The van der Waals surface area contributed by atoms with Crippen molar-refractivity contribution in [3.05, 3.63) is 59.7 Å². The Morgan fingerprint density at radius 3 is 2.53 bits per heavy atom. The van der Waals surface area contributed by atoms with Gasteiger partial charge in [-0.1, -0.05) is 19.9 Å². The standard InChI is InChI=1S/C14H14N2O/c1-10(2)11-5-6-13(16-9-11)14(17)12-4-3-7-15-8-12/h3-10H,1-2H3. The average molecular weight is 226 g/mol. The van der Waals surface area contributed by atoms with Gasteiger partial charge in [0.25, 0.3) is 0 Å². The molecule has 0 amide bonds. The highest BCUT2D eigenvalue weighted by Gasteiger charge is 2.10. The van der Waals surface area contributed by atoms with Crippen LogP contribution in [0.25, 0.3) is 0 Å². The van der Waals surface area contributed by atoms with Crippen molar-refractivity contribution in [1.29, 1.82) is 0 Å². The molecular weight excluding hydrogens is 212 g/mol. The SMILES string of the molecule is CC(C)c1ccc(C(=O)c2cccnc2)nc1. The van der Waals surface area contributed by atoms with Gasteiger partial charge in [-0.2, -0.15) is 0 Å². The minimum Gasteiger partial charge on any atom is -0.287 e. The van der Waals surface area contributed by atoms with Crippen LogP contribution >= 0.6 is 0 Å². The first-order valence-electron chi connectivity index (χ1n) is 5.59. The van der Waals surface area contributed by atoms with Gasteiger partial charge in [0.1, 0.15) is 5.69 Å². The van der Waals surface area contributed by atoms with E-state index in [9.17, 15) is 4.79 Å². The molecule has 0 aliphatic rings. The molecule has 86 valence electrons. The number of carbonyl (C=O) groups excluding carboxylic acids is 1. The van der Waals surface area contributed by atoms with Gasteiger partial charge < -0.3 is 0 Å². The second-order valence-corrected chi connectivity index (χ2v) is 4.20. The summed E-state index contributed by atoms with van der Waals surface area (Å²) in [5, 5.41) is 0. The molecule has 0 fully saturated rings. The molecule has 0 saturated carbocycles. The number of aromatic nitrogens is 2. The monoisotopic (exact) mass is 226 g/mol. The molecule has 0 spiro atoms. The zero-order valence-electron chi connectivity index (χ0n) is 9.92. The number of rotatable bonds is 3. The van der Waals surface area contributed by atoms with E-state index in [-0.39, 0.29) is 5.78 Å². The van der Waals surface area contributed by atoms with Crippen LogP contribution in [0.15, 0.2) is 42.9 Å². The average Bonchev–Trinajstić information content (AvgIpc) is 2.39. The second kappa shape index (κ2) is 4.87. The van der Waals surface area contributed by atoms with E-state index >= 15 is 0 Å². The summed E-state index contributed by atoms with van der Waals surface area (Å²) in [7, 11) is 0. The fraction of sp³-hybridized carbons (Fsp3) is 0.214. The molecule has 0 radical (unpaired) electrons. The van der Waals surface area contributed by atoms with Gasteiger partial charge in [0.2, 0.25) is 5.78 Å². The van der Waals surface area contributed by atoms with Gasteiger partial charge in [-0.15, -0.1) is 0 Å². The summed E-state index contributed by atoms with van der Waals surface area (Å²) >= 11 is 0. The zero-order chi connectivity index (χ0) is 12.3. The number of hydrogen-bond acceptors (Lipinski definition) is 3. The van der Waals surface area contributed by atoms with Crippen molar-refractivity contribution in [2.75, 3.05) is 0 Å². The van der Waals surface area contributed by atoms with Crippen LogP contribution in [-0.4, -0.2) is 15.8 Å². The molecule has 2 heterocycles. The molecule has 3 nitrogen and oxygen atoms in total. The molecule has 0 unspecified atom stereocenters. The minimum atomic E-state index is -0.0894. The summed E-state index contributed by atoms with van der Waals surface area (Å²) < 4.78 is 0. The van der Waals surface area contributed by atoms with Crippen LogP contribution in [-0.2, 0) is 0 Å². The maximum Gasteiger partial charge on any atom is 0.212 e. The van der Waals surface area contributed by atoms with Crippen molar-refractivity contribution in [3.63, 3.8) is 0 Å². The first-order valence-corrected chi connectivity index (χ1v) is 5.59. The highest BCUT2D eigenvalue weighted by Crippen LogP contribution is 2.14. The molecule has 0 atom stereocenters. The van der Waals surface area contributed by atoms with Crippen LogP contribution in [0, 0.1) is 0 Å². The van der Waals surface area contributed by atoms with Gasteiger partial charge in [0.05, 0.1) is 0 Å². The Hall–Kier alpha value is -2.03. The zero-order valence-corrected chi connectivity index (χ0v) is 9.92. The highest BCUT2D eigenvalue weighted by molar-refractivity contribution is 6.07. The highest BCUT2D eigenvalue weighted by atomic mass is 16.1. The summed E-state index contributed by atoms with van der Waals surface area (Å²) in [4.78, 5) is 20.2. The van der Waals surface area contributed by atoms with Gasteiger partial charge >= 0.3 is 0 Å². The molecule has 2 aromatic rings. The van der Waals surface area contributed by atoms with E-state index in [0.29, 0.717) is 17.2 Å². The van der Waals surface area contributed by atoms with Crippen molar-refractivity contribution < 1.29 is 4.79 Å². The lowest BCUT2D eigenvalue weighted by Gasteiger charge is -2.05. The van der Waals surface area contributed by atoms with E-state index < -0.39 is 0 Å². The van der Waals surface area contributed by atoms with E-state index in [1.54, 1.807) is 36.8 Å². The third-order valence-electron chi connectivity index (χ3n) is 2.61. The number of carbonyl (C=O) groups is 1. The fourth-order valence-corrected chi connectivity index (χ4v) is 1.53. The predicted octanol–water partition coefficient (Wildman–Crippen LogP) is 2.83. The topological polar surface area (TPSA) is 42.9 Å². The van der Waals surface area contributed by atoms with E-state index in [1.807, 2.05) is 6.07 Å². The third-order valence-corrected chi connectivity index (χ3v) is 2.61. The van der Waals surface area contributed by atoms with Crippen LogP contribution in [0.3, 0.4) is 0 Å². The van der Waals surface area contributed by atoms with Gasteiger partial charge in [-0.05, 0) is 29.7 Å². The Morgan fingerprint density at radius 2 is 2.00 bits per heavy atom. The maximum absolute atomic E-state index is 12.0. The minimum absolute atomic E-state index is 0.0894. The summed E-state index contributed by atoms with van der Waals surface area (Å²) in [5.74, 6) is 0.332. The number of pyridine rings is 2. The Bertz CT molecular complexity index is 504. The first-order chi connectivity index (χ1) is 8.18. The van der Waals surface area contributed by atoms with E-state index in [0.717, 1.165) is 5.56 Å². The Labute approximate surface area is 101 Å². The quantitative estimate of drug-likeness (QED) is 0.756.